The van der Waals surface area contributed by atoms with Gasteiger partial charge in [0.15, 0.2) is 28.8 Å². The second-order valence-electron chi connectivity index (χ2n) is 13.7. The first-order chi connectivity index (χ1) is 27.9. The molecule has 18 heteroatoms. The average molecular weight is 814 g/mol. The van der Waals surface area contributed by atoms with Gasteiger partial charge in [-0.1, -0.05) is 0 Å². The molecule has 2 aromatic rings. The Morgan fingerprint density at radius 2 is 1.33 bits per heavy atom. The molecule has 0 aliphatic carbocycles. The number of rotatable bonds is 15. The van der Waals surface area contributed by atoms with Crippen molar-refractivity contribution in [2.24, 2.45) is 0 Å². The molecule has 18 nitrogen and oxygen atoms in total. The molecule has 2 amide bonds. The first-order valence-electron chi connectivity index (χ1n) is 19.1. The lowest BCUT2D eigenvalue weighted by molar-refractivity contribution is -0.385. The zero-order chi connectivity index (χ0) is 42.4. The number of esters is 3. The number of ketones is 1. The van der Waals surface area contributed by atoms with Crippen molar-refractivity contribution in [2.45, 2.75) is 82.7 Å². The monoisotopic (exact) mass is 813 g/mol. The van der Waals surface area contributed by atoms with Crippen LogP contribution in [0.5, 0.6) is 23.0 Å². The van der Waals surface area contributed by atoms with Crippen LogP contribution in [0.3, 0.4) is 0 Å². The molecule has 0 radical (unpaired) electrons. The zero-order valence-electron chi connectivity index (χ0n) is 33.5. The fourth-order valence-electron chi connectivity index (χ4n) is 7.05. The van der Waals surface area contributed by atoms with Crippen LogP contribution in [0.2, 0.25) is 0 Å². The predicted octanol–water partition coefficient (Wildman–Crippen LogP) is 4.25. The Bertz CT molecular complexity index is 1850. The van der Waals surface area contributed by atoms with Crippen LogP contribution in [0.4, 0.5) is 5.69 Å². The summed E-state index contributed by atoms with van der Waals surface area (Å²) in [5.41, 5.74) is 0.497. The molecule has 3 heterocycles. The van der Waals surface area contributed by atoms with Crippen molar-refractivity contribution in [1.82, 2.24) is 9.80 Å². The minimum Gasteiger partial charge on any atom is -0.493 e. The number of likely N-dealkylation sites (tertiary alicyclic amines) is 1. The largest absolute Gasteiger partial charge is 0.493 e. The second-order valence-corrected chi connectivity index (χ2v) is 13.7. The second kappa shape index (κ2) is 21.5. The van der Waals surface area contributed by atoms with Crippen molar-refractivity contribution < 1.29 is 66.8 Å². The first kappa shape index (κ1) is 44.8. The summed E-state index contributed by atoms with van der Waals surface area (Å²) in [6.07, 6.45) is 5.89. The average Bonchev–Trinajstić information content (AvgIpc) is 3.35. The minimum atomic E-state index is -0.800. The lowest BCUT2D eigenvalue weighted by Gasteiger charge is -2.33. The first-order valence-corrected chi connectivity index (χ1v) is 19.1. The Hall–Kier alpha value is -5.94. The summed E-state index contributed by atoms with van der Waals surface area (Å²) in [5, 5.41) is 11.7. The summed E-state index contributed by atoms with van der Waals surface area (Å²) in [5.74, 6) is -0.836. The van der Waals surface area contributed by atoms with Gasteiger partial charge in [-0.15, -0.1) is 0 Å². The van der Waals surface area contributed by atoms with Crippen LogP contribution in [0.15, 0.2) is 24.3 Å². The van der Waals surface area contributed by atoms with E-state index in [9.17, 15) is 38.9 Å². The number of nitro benzene ring substituents is 1. The molecule has 3 aliphatic heterocycles. The molecule has 58 heavy (non-hydrogen) atoms. The van der Waals surface area contributed by atoms with Gasteiger partial charge in [-0.2, -0.15) is 0 Å². The van der Waals surface area contributed by atoms with Crippen molar-refractivity contribution in [3.63, 3.8) is 0 Å². The van der Waals surface area contributed by atoms with E-state index in [0.717, 1.165) is 31.7 Å². The van der Waals surface area contributed by atoms with E-state index in [2.05, 4.69) is 9.47 Å². The van der Waals surface area contributed by atoms with E-state index in [-0.39, 0.29) is 73.2 Å². The molecular formula is C40H51N3O15. The normalized spacial score (nSPS) is 17.3. The summed E-state index contributed by atoms with van der Waals surface area (Å²) >= 11 is 0. The predicted molar refractivity (Wildman–Crippen MR) is 204 cm³/mol. The van der Waals surface area contributed by atoms with Crippen LogP contribution < -0.4 is 18.9 Å². The number of methoxy groups -OCH3 is 5. The summed E-state index contributed by atoms with van der Waals surface area (Å²) < 4.78 is 35.9. The zero-order valence-corrected chi connectivity index (χ0v) is 33.5. The van der Waals surface area contributed by atoms with Crippen molar-refractivity contribution in [2.75, 3.05) is 61.9 Å². The van der Waals surface area contributed by atoms with Gasteiger partial charge in [0.25, 0.3) is 17.5 Å². The maximum Gasteiger partial charge on any atom is 0.328 e. The van der Waals surface area contributed by atoms with Gasteiger partial charge in [0.05, 0.1) is 65.8 Å². The van der Waals surface area contributed by atoms with Gasteiger partial charge in [0.1, 0.15) is 11.6 Å². The molecule has 2 atom stereocenters. The lowest BCUT2D eigenvalue weighted by Crippen LogP contribution is -2.48. The van der Waals surface area contributed by atoms with Crippen LogP contribution in [0.25, 0.3) is 0 Å². The number of nitro groups is 1. The van der Waals surface area contributed by atoms with E-state index in [1.54, 1.807) is 17.0 Å². The molecule has 2 aromatic carbocycles. The maximum absolute atomic E-state index is 13.2. The maximum atomic E-state index is 13.2. The Labute approximate surface area is 336 Å². The quantitative estimate of drug-likeness (QED) is 0.0808. The van der Waals surface area contributed by atoms with Gasteiger partial charge in [0, 0.05) is 44.0 Å². The molecular weight excluding hydrogens is 762 g/mol. The van der Waals surface area contributed by atoms with E-state index in [1.807, 2.05) is 0 Å². The number of piperidine rings is 2. The number of hydrogen-bond acceptors (Lipinski definition) is 15. The van der Waals surface area contributed by atoms with Gasteiger partial charge >= 0.3 is 17.9 Å². The molecule has 0 unspecified atom stereocenters. The standard InChI is InChI=1S/C20H26N2O9.C20H25NO6/c1-28-16-11-13(19(24)21-9-5-4-7-14(21)20(25)30-3)15(22(26)27)12-17(16)31-10-6-8-18(23)29-2;1-25-17-12-14-13(11-18(17)27-9-5-7-19(23)26-2)10-16(22)15-6-3-4-8-21(15)20(14)24/h11-12,14H,4-10H2,1-3H3;11-12,15H,3-10H2,1-2H3/t14-;15-/m00/s1. The smallest absolute Gasteiger partial charge is 0.328 e. The summed E-state index contributed by atoms with van der Waals surface area (Å²) in [7, 11) is 6.71. The molecule has 2 fully saturated rings. The fourth-order valence-corrected chi connectivity index (χ4v) is 7.05. The molecule has 316 valence electrons. The van der Waals surface area contributed by atoms with Crippen LogP contribution in [-0.2, 0) is 39.8 Å². The number of carbonyl (C=O) groups is 6. The fraction of sp³-hybridized carbons (Fsp3) is 0.550. The highest BCUT2D eigenvalue weighted by Crippen LogP contribution is 2.37. The van der Waals surface area contributed by atoms with Crippen LogP contribution >= 0.6 is 0 Å². The van der Waals surface area contributed by atoms with Crippen LogP contribution in [0, 0.1) is 10.1 Å². The molecule has 3 aliphatic rings. The van der Waals surface area contributed by atoms with Gasteiger partial charge in [0.2, 0.25) is 0 Å². The molecule has 0 spiro atoms. The van der Waals surface area contributed by atoms with E-state index in [4.69, 9.17) is 23.7 Å². The number of ether oxygens (including phenoxy) is 7. The number of benzene rings is 2. The summed E-state index contributed by atoms with van der Waals surface area (Å²) in [6.45, 7) is 1.29. The van der Waals surface area contributed by atoms with Crippen molar-refractivity contribution in [3.05, 3.63) is 51.1 Å². The Balaban J connectivity index is 0.000000259. The number of amides is 2. The molecule has 2 saturated heterocycles. The molecule has 0 bridgehead atoms. The number of nitrogens with zero attached hydrogens (tertiary/aromatic N) is 3. The topological polar surface area (TPSA) is 217 Å². The van der Waals surface area contributed by atoms with Gasteiger partial charge in [-0.3, -0.25) is 34.1 Å². The van der Waals surface area contributed by atoms with E-state index >= 15 is 0 Å². The molecule has 0 saturated carbocycles. The van der Waals surface area contributed by atoms with Gasteiger partial charge in [-0.05, 0) is 69.1 Å². The molecule has 5 rings (SSSR count). The third kappa shape index (κ3) is 11.1. The van der Waals surface area contributed by atoms with Crippen molar-refractivity contribution >= 4 is 41.2 Å². The highest BCUT2D eigenvalue weighted by Gasteiger charge is 2.38. The van der Waals surface area contributed by atoms with E-state index in [0.29, 0.717) is 61.5 Å². The number of Topliss-reactive ketones (excluding diaryl/α,β-unsaturated/α-hetero) is 1. The third-order valence-electron chi connectivity index (χ3n) is 10.1. The Kier molecular flexibility index (Phi) is 16.6. The van der Waals surface area contributed by atoms with E-state index < -0.39 is 34.5 Å². The molecule has 0 aromatic heterocycles. The minimum absolute atomic E-state index is 0.0683. The van der Waals surface area contributed by atoms with Crippen LogP contribution in [-0.4, -0.2) is 124 Å². The number of hydrogen-bond donors (Lipinski definition) is 0. The van der Waals surface area contributed by atoms with Gasteiger partial charge < -0.3 is 43.0 Å². The Morgan fingerprint density at radius 3 is 1.91 bits per heavy atom. The van der Waals surface area contributed by atoms with Crippen molar-refractivity contribution in [1.29, 1.82) is 0 Å². The van der Waals surface area contributed by atoms with Crippen molar-refractivity contribution in [3.8, 4) is 23.0 Å². The summed E-state index contributed by atoms with van der Waals surface area (Å²) in [6, 6.07) is 4.61. The number of fused-ring (bicyclic) bond motifs is 2. The highest BCUT2D eigenvalue weighted by molar-refractivity contribution is 6.04. The highest BCUT2D eigenvalue weighted by atomic mass is 16.6. The third-order valence-corrected chi connectivity index (χ3v) is 10.1. The van der Waals surface area contributed by atoms with E-state index in [1.165, 1.54) is 46.5 Å². The molecule has 0 N–H and O–H groups in total. The van der Waals surface area contributed by atoms with Crippen LogP contribution in [0.1, 0.15) is 90.5 Å². The number of carbonyl (C=O) groups excluding carboxylic acids is 6. The SMILES string of the molecule is COC(=O)CCCOc1cc([N+](=O)[O-])c(C(=O)N2CCCC[C@H]2C(=O)OC)cc1OC.COC(=O)CCCOc1cc2c(cc1OC)C(=O)N1CCCC[C@H]1C(=O)C2. The lowest BCUT2D eigenvalue weighted by atomic mass is 9.96. The summed E-state index contributed by atoms with van der Waals surface area (Å²) in [4.78, 5) is 87.3. The van der Waals surface area contributed by atoms with Gasteiger partial charge in [-0.25, -0.2) is 4.79 Å². The Morgan fingerprint density at radius 1 is 0.741 bits per heavy atom.